The first kappa shape index (κ1) is 47.8. The minimum absolute atomic E-state index is 0.0331. The molecular weight excluding hydrogens is 641 g/mol. The number of quaternary nitrogens is 1. The van der Waals surface area contributed by atoms with Gasteiger partial charge in [0.05, 0.1) is 27.7 Å². The summed E-state index contributed by atoms with van der Waals surface area (Å²) < 4.78 is 34.1. The molecule has 0 bridgehead atoms. The van der Waals surface area contributed by atoms with E-state index in [9.17, 15) is 19.0 Å². The predicted octanol–water partition coefficient (Wildman–Crippen LogP) is 10.6. The summed E-state index contributed by atoms with van der Waals surface area (Å²) in [4.78, 5) is 35.1. The average molecular weight is 719 g/mol. The molecule has 0 amide bonds. The molecule has 9 nitrogen and oxygen atoms in total. The third kappa shape index (κ3) is 36.3. The van der Waals surface area contributed by atoms with Crippen molar-refractivity contribution in [3.63, 3.8) is 0 Å². The van der Waals surface area contributed by atoms with E-state index in [0.717, 1.165) is 51.4 Å². The van der Waals surface area contributed by atoms with Crippen LogP contribution in [0.2, 0.25) is 0 Å². The predicted molar refractivity (Wildman–Crippen MR) is 201 cm³/mol. The van der Waals surface area contributed by atoms with Crippen molar-refractivity contribution in [1.29, 1.82) is 0 Å². The molecule has 0 aliphatic rings. The number of rotatable bonds is 36. The Morgan fingerprint density at radius 1 is 0.612 bits per heavy atom. The molecule has 0 saturated carbocycles. The van der Waals surface area contributed by atoms with Crippen molar-refractivity contribution in [2.45, 2.75) is 180 Å². The lowest BCUT2D eigenvalue weighted by Gasteiger charge is -2.24. The zero-order valence-electron chi connectivity index (χ0n) is 32.4. The third-order valence-electron chi connectivity index (χ3n) is 8.55. The van der Waals surface area contributed by atoms with Crippen molar-refractivity contribution in [2.24, 2.45) is 0 Å². The van der Waals surface area contributed by atoms with Crippen molar-refractivity contribution < 1.29 is 42.1 Å². The fourth-order valence-electron chi connectivity index (χ4n) is 5.36. The molecule has 0 aliphatic carbocycles. The molecule has 0 aromatic heterocycles. The summed E-state index contributed by atoms with van der Waals surface area (Å²) in [5, 5.41) is 0. The minimum atomic E-state index is -4.36. The Bertz CT molecular complexity index is 860. The summed E-state index contributed by atoms with van der Waals surface area (Å²) in [5.41, 5.74) is 0. The normalized spacial score (nSPS) is 13.8. The minimum Gasteiger partial charge on any atom is -0.462 e. The molecule has 0 aliphatic heterocycles. The fraction of sp³-hybridized carbons (Fsp3) is 0.897. The van der Waals surface area contributed by atoms with E-state index in [1.807, 2.05) is 21.1 Å². The summed E-state index contributed by atoms with van der Waals surface area (Å²) in [6.45, 7) is 4.39. The van der Waals surface area contributed by atoms with E-state index in [0.29, 0.717) is 17.4 Å². The first-order valence-electron chi connectivity index (χ1n) is 19.9. The molecule has 0 radical (unpaired) electrons. The fourth-order valence-corrected chi connectivity index (χ4v) is 6.10. The van der Waals surface area contributed by atoms with Gasteiger partial charge in [0, 0.05) is 12.8 Å². The van der Waals surface area contributed by atoms with Gasteiger partial charge in [-0.3, -0.25) is 18.6 Å². The number of carbonyl (C=O) groups excluding carboxylic acids is 2. The van der Waals surface area contributed by atoms with Crippen LogP contribution < -0.4 is 0 Å². The van der Waals surface area contributed by atoms with E-state index in [1.54, 1.807) is 0 Å². The first-order chi connectivity index (χ1) is 23.5. The zero-order chi connectivity index (χ0) is 36.5. The van der Waals surface area contributed by atoms with E-state index < -0.39 is 26.5 Å². The Morgan fingerprint density at radius 3 is 1.51 bits per heavy atom. The van der Waals surface area contributed by atoms with Gasteiger partial charge in [0.1, 0.15) is 19.8 Å². The van der Waals surface area contributed by atoms with Crippen molar-refractivity contribution in [2.75, 3.05) is 47.5 Å². The van der Waals surface area contributed by atoms with Crippen LogP contribution in [0.4, 0.5) is 0 Å². The first-order valence-corrected chi connectivity index (χ1v) is 21.4. The summed E-state index contributed by atoms with van der Waals surface area (Å²) in [5.74, 6) is -0.806. The van der Waals surface area contributed by atoms with E-state index >= 15 is 0 Å². The molecule has 0 heterocycles. The number of hydrogen-bond donors (Lipinski definition) is 1. The maximum atomic E-state index is 12.6. The van der Waals surface area contributed by atoms with Crippen LogP contribution in [-0.2, 0) is 32.7 Å². The Balaban J connectivity index is 4.39. The maximum Gasteiger partial charge on any atom is 0.472 e. The number of esters is 2. The largest absolute Gasteiger partial charge is 0.472 e. The smallest absolute Gasteiger partial charge is 0.462 e. The number of likely N-dealkylation sites (N-methyl/N-ethyl adjacent to an activating group) is 1. The monoisotopic (exact) mass is 719 g/mol. The highest BCUT2D eigenvalue weighted by Crippen LogP contribution is 2.43. The number of ether oxygens (including phenoxy) is 2. The maximum absolute atomic E-state index is 12.6. The number of allylic oxidation sites excluding steroid dienone is 2. The van der Waals surface area contributed by atoms with Crippen LogP contribution >= 0.6 is 7.82 Å². The molecule has 1 N–H and O–H groups in total. The molecule has 0 spiro atoms. The SMILES string of the molecule is CCCCCCCC/C=C/CCCCCCCC(=O)OC[C@@H](COP(=O)(O)OCC[N+](C)(C)C)OC(=O)CCCCCCCCCCCC. The third-order valence-corrected chi connectivity index (χ3v) is 9.53. The summed E-state index contributed by atoms with van der Waals surface area (Å²) in [6.07, 6.45) is 31.1. The van der Waals surface area contributed by atoms with Gasteiger partial charge in [-0.15, -0.1) is 0 Å². The van der Waals surface area contributed by atoms with Gasteiger partial charge in [-0.25, -0.2) is 4.57 Å². The highest BCUT2D eigenvalue weighted by Gasteiger charge is 2.27. The number of hydrogen-bond acceptors (Lipinski definition) is 7. The lowest BCUT2D eigenvalue weighted by molar-refractivity contribution is -0.870. The average Bonchev–Trinajstić information content (AvgIpc) is 3.04. The van der Waals surface area contributed by atoms with E-state index in [1.165, 1.54) is 89.9 Å². The second-order valence-electron chi connectivity index (χ2n) is 14.7. The van der Waals surface area contributed by atoms with Gasteiger partial charge in [0.15, 0.2) is 6.10 Å². The van der Waals surface area contributed by atoms with Crippen LogP contribution in [0.3, 0.4) is 0 Å². The van der Waals surface area contributed by atoms with E-state index in [2.05, 4.69) is 26.0 Å². The van der Waals surface area contributed by atoms with Crippen LogP contribution in [0.1, 0.15) is 174 Å². The molecule has 0 fully saturated rings. The van der Waals surface area contributed by atoms with Gasteiger partial charge in [-0.1, -0.05) is 135 Å². The summed E-state index contributed by atoms with van der Waals surface area (Å²) in [7, 11) is 1.48. The Kier molecular flexibility index (Phi) is 31.8. The lowest BCUT2D eigenvalue weighted by atomic mass is 10.1. The Hall–Kier alpha value is -1.25. The van der Waals surface area contributed by atoms with Gasteiger partial charge < -0.3 is 18.9 Å². The highest BCUT2D eigenvalue weighted by atomic mass is 31.2. The van der Waals surface area contributed by atoms with Gasteiger partial charge in [-0.05, 0) is 38.5 Å². The lowest BCUT2D eigenvalue weighted by Crippen LogP contribution is -2.37. The second kappa shape index (κ2) is 32.6. The number of phosphoric acid groups is 1. The van der Waals surface area contributed by atoms with E-state index in [4.69, 9.17) is 18.5 Å². The van der Waals surface area contributed by atoms with Crippen LogP contribution in [0, 0.1) is 0 Å². The highest BCUT2D eigenvalue weighted by molar-refractivity contribution is 7.47. The Morgan fingerprint density at radius 2 is 1.04 bits per heavy atom. The van der Waals surface area contributed by atoms with E-state index in [-0.39, 0.29) is 32.0 Å². The Labute approximate surface area is 301 Å². The van der Waals surface area contributed by atoms with Crippen molar-refractivity contribution >= 4 is 19.8 Å². The molecular formula is C39H77NO8P+. The number of phosphoric ester groups is 1. The molecule has 2 atom stereocenters. The van der Waals surface area contributed by atoms with Gasteiger partial charge in [-0.2, -0.15) is 0 Å². The van der Waals surface area contributed by atoms with Crippen LogP contribution in [-0.4, -0.2) is 74.9 Å². The molecule has 49 heavy (non-hydrogen) atoms. The molecule has 0 aromatic rings. The number of carbonyl (C=O) groups is 2. The van der Waals surface area contributed by atoms with Crippen molar-refractivity contribution in [3.05, 3.63) is 12.2 Å². The van der Waals surface area contributed by atoms with Crippen LogP contribution in [0.25, 0.3) is 0 Å². The number of unbranched alkanes of at least 4 members (excludes halogenated alkanes) is 20. The van der Waals surface area contributed by atoms with Gasteiger partial charge >= 0.3 is 19.8 Å². The summed E-state index contributed by atoms with van der Waals surface area (Å²) >= 11 is 0. The molecule has 290 valence electrons. The van der Waals surface area contributed by atoms with Gasteiger partial charge in [0.2, 0.25) is 0 Å². The summed E-state index contributed by atoms with van der Waals surface area (Å²) in [6, 6.07) is 0. The van der Waals surface area contributed by atoms with Gasteiger partial charge in [0.25, 0.3) is 0 Å². The molecule has 0 aromatic carbocycles. The topological polar surface area (TPSA) is 108 Å². The number of nitrogens with zero attached hydrogens (tertiary/aromatic N) is 1. The van der Waals surface area contributed by atoms with Crippen LogP contribution in [0.15, 0.2) is 12.2 Å². The van der Waals surface area contributed by atoms with Crippen LogP contribution in [0.5, 0.6) is 0 Å². The zero-order valence-corrected chi connectivity index (χ0v) is 33.3. The van der Waals surface area contributed by atoms with Crippen molar-refractivity contribution in [3.8, 4) is 0 Å². The second-order valence-corrected chi connectivity index (χ2v) is 16.1. The van der Waals surface area contributed by atoms with Crippen molar-refractivity contribution in [1.82, 2.24) is 0 Å². The standard InChI is InChI=1S/C39H76NO8P/c1-6-8-10-12-14-16-18-19-20-21-22-24-25-27-29-31-38(41)45-35-37(36-47-49(43,44)46-34-33-40(3,4)5)48-39(42)32-30-28-26-23-17-15-13-11-9-7-2/h19-20,37H,6-18,21-36H2,1-5H3/p+1/b20-19+/t37-/m0/s1. The molecule has 0 rings (SSSR count). The molecule has 1 unspecified atom stereocenters. The molecule has 0 saturated heterocycles. The quantitative estimate of drug-likeness (QED) is 0.0224. The molecule has 10 heteroatoms.